The van der Waals surface area contributed by atoms with Crippen LogP contribution >= 0.6 is 0 Å². The van der Waals surface area contributed by atoms with Gasteiger partial charge in [0.2, 0.25) is 5.91 Å². The largest absolute Gasteiger partial charge is 0.336 e. The Balaban J connectivity index is 1.46. The van der Waals surface area contributed by atoms with Gasteiger partial charge in [-0.15, -0.1) is 0 Å². The molecular formula is C19H22N2O3. The zero-order valence-corrected chi connectivity index (χ0v) is 13.6. The Morgan fingerprint density at radius 3 is 2.29 bits per heavy atom. The molecule has 24 heavy (non-hydrogen) atoms. The molecule has 5 nitrogen and oxygen atoms in total. The van der Waals surface area contributed by atoms with Gasteiger partial charge in [0.25, 0.3) is 5.69 Å². The van der Waals surface area contributed by atoms with Crippen molar-refractivity contribution >= 4 is 17.7 Å². The Morgan fingerprint density at radius 1 is 1.04 bits per heavy atom. The smallest absolute Gasteiger partial charge is 0.269 e. The van der Waals surface area contributed by atoms with Crippen LogP contribution < -0.4 is 0 Å². The van der Waals surface area contributed by atoms with Crippen molar-refractivity contribution in [2.45, 2.75) is 38.1 Å². The van der Waals surface area contributed by atoms with Gasteiger partial charge in [0.05, 0.1) is 4.92 Å². The molecule has 0 spiro atoms. The van der Waals surface area contributed by atoms with E-state index in [1.54, 1.807) is 24.3 Å². The minimum Gasteiger partial charge on any atom is -0.336 e. The van der Waals surface area contributed by atoms with Crippen LogP contribution in [0.5, 0.6) is 0 Å². The minimum atomic E-state index is -0.415. The van der Waals surface area contributed by atoms with Crippen LogP contribution in [0.1, 0.15) is 37.7 Å². The molecule has 2 aliphatic heterocycles. The number of nitro benzene ring substituents is 1. The van der Waals surface area contributed by atoms with Crippen molar-refractivity contribution in [1.82, 2.24) is 4.90 Å². The predicted octanol–water partition coefficient (Wildman–Crippen LogP) is 3.65. The zero-order chi connectivity index (χ0) is 16.7. The second-order valence-electron chi connectivity index (χ2n) is 7.60. The van der Waals surface area contributed by atoms with Gasteiger partial charge < -0.3 is 4.90 Å². The molecule has 5 heteroatoms. The third-order valence-corrected chi connectivity index (χ3v) is 5.91. The second kappa shape index (κ2) is 6.04. The number of hydrogen-bond donors (Lipinski definition) is 0. The Morgan fingerprint density at radius 2 is 1.67 bits per heavy atom. The highest BCUT2D eigenvalue weighted by molar-refractivity contribution is 5.92. The summed E-state index contributed by atoms with van der Waals surface area (Å²) < 4.78 is 0. The number of fused-ring (bicyclic) bond motifs is 1. The van der Waals surface area contributed by atoms with Gasteiger partial charge in [0, 0.05) is 30.8 Å². The van der Waals surface area contributed by atoms with E-state index in [1.165, 1.54) is 44.2 Å². The van der Waals surface area contributed by atoms with Crippen LogP contribution in [0.15, 0.2) is 30.3 Å². The molecule has 2 unspecified atom stereocenters. The first-order chi connectivity index (χ1) is 11.6. The second-order valence-corrected chi connectivity index (χ2v) is 7.60. The van der Waals surface area contributed by atoms with Crippen molar-refractivity contribution in [3.8, 4) is 0 Å². The molecule has 0 N–H and O–H groups in total. The monoisotopic (exact) mass is 326 g/mol. The molecule has 2 saturated carbocycles. The molecule has 2 heterocycles. The lowest BCUT2D eigenvalue weighted by molar-refractivity contribution is -0.384. The van der Waals surface area contributed by atoms with E-state index in [9.17, 15) is 14.9 Å². The molecule has 0 aromatic heterocycles. The maximum atomic E-state index is 12.7. The first kappa shape index (κ1) is 15.4. The van der Waals surface area contributed by atoms with Gasteiger partial charge in [-0.3, -0.25) is 14.9 Å². The lowest BCUT2D eigenvalue weighted by atomic mass is 9.68. The molecule has 5 rings (SSSR count). The Labute approximate surface area is 141 Å². The van der Waals surface area contributed by atoms with E-state index < -0.39 is 4.92 Å². The molecule has 2 aliphatic carbocycles. The molecular weight excluding hydrogens is 304 g/mol. The number of amides is 1. The van der Waals surface area contributed by atoms with Gasteiger partial charge in [-0.2, -0.15) is 0 Å². The first-order valence-electron chi connectivity index (χ1n) is 8.81. The number of rotatable bonds is 3. The normalized spacial score (nSPS) is 31.4. The number of carbonyl (C=O) groups excluding carboxylic acids is 1. The SMILES string of the molecule is O=C(/C=C/c1ccc([N+](=O)[O-])cc1)N1CC2CC3CC(C2)CC1C3. The topological polar surface area (TPSA) is 63.4 Å². The Bertz CT molecular complexity index is 668. The van der Waals surface area contributed by atoms with E-state index in [4.69, 9.17) is 0 Å². The van der Waals surface area contributed by atoms with E-state index in [-0.39, 0.29) is 11.6 Å². The summed E-state index contributed by atoms with van der Waals surface area (Å²) in [6.45, 7) is 0.904. The lowest BCUT2D eigenvalue weighted by Gasteiger charge is -2.38. The molecule has 126 valence electrons. The number of non-ortho nitro benzene ring substituents is 1. The summed E-state index contributed by atoms with van der Waals surface area (Å²) in [7, 11) is 0. The highest BCUT2D eigenvalue weighted by Crippen LogP contribution is 2.47. The summed E-state index contributed by atoms with van der Waals surface area (Å²) in [5, 5.41) is 10.7. The van der Waals surface area contributed by atoms with E-state index in [2.05, 4.69) is 4.90 Å². The van der Waals surface area contributed by atoms with Gasteiger partial charge in [0.15, 0.2) is 0 Å². The van der Waals surface area contributed by atoms with Crippen LogP contribution in [-0.2, 0) is 4.79 Å². The molecule has 0 radical (unpaired) electrons. The van der Waals surface area contributed by atoms with Crippen molar-refractivity contribution < 1.29 is 9.72 Å². The minimum absolute atomic E-state index is 0.0685. The van der Waals surface area contributed by atoms with E-state index in [1.807, 2.05) is 0 Å². The van der Waals surface area contributed by atoms with Crippen molar-refractivity contribution in [1.29, 1.82) is 0 Å². The van der Waals surface area contributed by atoms with Crippen LogP contribution in [0, 0.1) is 27.9 Å². The highest BCUT2D eigenvalue weighted by atomic mass is 16.6. The van der Waals surface area contributed by atoms with Crippen molar-refractivity contribution in [2.75, 3.05) is 6.54 Å². The Kier molecular flexibility index (Phi) is 3.87. The fourth-order valence-electron chi connectivity index (χ4n) is 5.02. The summed E-state index contributed by atoms with van der Waals surface area (Å²) in [4.78, 5) is 25.0. The average Bonchev–Trinajstić information content (AvgIpc) is 2.76. The predicted molar refractivity (Wildman–Crippen MR) is 91.2 cm³/mol. The van der Waals surface area contributed by atoms with Gasteiger partial charge >= 0.3 is 0 Å². The fourth-order valence-corrected chi connectivity index (χ4v) is 5.02. The van der Waals surface area contributed by atoms with Crippen molar-refractivity contribution in [3.05, 3.63) is 46.0 Å². The molecule has 1 aromatic carbocycles. The third-order valence-electron chi connectivity index (χ3n) is 5.91. The molecule has 4 aliphatic rings. The summed E-state index contributed by atoms with van der Waals surface area (Å²) in [6.07, 6.45) is 9.70. The summed E-state index contributed by atoms with van der Waals surface area (Å²) in [5.74, 6) is 2.41. The summed E-state index contributed by atoms with van der Waals surface area (Å²) in [5.41, 5.74) is 0.883. The number of nitro groups is 1. The molecule has 2 atom stereocenters. The van der Waals surface area contributed by atoms with Crippen molar-refractivity contribution in [3.63, 3.8) is 0 Å². The molecule has 1 amide bonds. The standard InChI is InChI=1S/C19H22N2O3/c22-19(6-3-13-1-4-17(5-2-13)21(23)24)20-12-16-8-14-7-15(9-16)11-18(20)10-14/h1-6,14-16,18H,7-12H2/b6-3+. The average molecular weight is 326 g/mol. The zero-order valence-electron chi connectivity index (χ0n) is 13.6. The molecule has 4 fully saturated rings. The summed E-state index contributed by atoms with van der Waals surface area (Å²) >= 11 is 0. The molecule has 4 bridgehead atoms. The number of benzene rings is 1. The number of hydrogen-bond acceptors (Lipinski definition) is 3. The van der Waals surface area contributed by atoms with Gasteiger partial charge in [-0.05, 0) is 73.6 Å². The molecule has 2 saturated heterocycles. The van der Waals surface area contributed by atoms with E-state index >= 15 is 0 Å². The number of nitrogens with zero attached hydrogens (tertiary/aromatic N) is 2. The first-order valence-corrected chi connectivity index (χ1v) is 8.81. The molecule has 1 aromatic rings. The Hall–Kier alpha value is -2.17. The maximum absolute atomic E-state index is 12.7. The maximum Gasteiger partial charge on any atom is 0.269 e. The van der Waals surface area contributed by atoms with Crippen LogP contribution in [0.2, 0.25) is 0 Å². The van der Waals surface area contributed by atoms with Crippen LogP contribution in [0.4, 0.5) is 5.69 Å². The van der Waals surface area contributed by atoms with E-state index in [0.717, 1.165) is 23.9 Å². The highest BCUT2D eigenvalue weighted by Gasteiger charge is 2.43. The quantitative estimate of drug-likeness (QED) is 0.484. The van der Waals surface area contributed by atoms with Gasteiger partial charge in [-0.1, -0.05) is 0 Å². The van der Waals surface area contributed by atoms with E-state index in [0.29, 0.717) is 12.0 Å². The van der Waals surface area contributed by atoms with Crippen LogP contribution in [0.3, 0.4) is 0 Å². The van der Waals surface area contributed by atoms with Crippen LogP contribution in [0.25, 0.3) is 6.08 Å². The van der Waals surface area contributed by atoms with Gasteiger partial charge in [0.1, 0.15) is 0 Å². The van der Waals surface area contributed by atoms with Gasteiger partial charge in [-0.25, -0.2) is 0 Å². The van der Waals surface area contributed by atoms with Crippen LogP contribution in [-0.4, -0.2) is 28.3 Å². The lowest BCUT2D eigenvalue weighted by Crippen LogP contribution is -2.41. The third kappa shape index (κ3) is 2.95. The fraction of sp³-hybridized carbons (Fsp3) is 0.526. The van der Waals surface area contributed by atoms with Crippen molar-refractivity contribution in [2.24, 2.45) is 17.8 Å². The number of carbonyl (C=O) groups is 1. The summed E-state index contributed by atoms with van der Waals surface area (Å²) in [6, 6.07) is 6.71.